The fraction of sp³-hybridized carbons (Fsp3) is 0.250. The minimum absolute atomic E-state index is 0.143. The molecule has 0 bridgehead atoms. The molecule has 3 heterocycles. The van der Waals surface area contributed by atoms with Crippen molar-refractivity contribution in [3.8, 4) is 0 Å². The second-order valence-corrected chi connectivity index (χ2v) is 6.70. The Bertz CT molecular complexity index is 1040. The molecule has 0 spiro atoms. The zero-order chi connectivity index (χ0) is 18.8. The smallest absolute Gasteiger partial charge is 0.330 e. The Morgan fingerprint density at radius 1 is 1.15 bits per heavy atom. The molecule has 0 amide bonds. The third-order valence-corrected chi connectivity index (χ3v) is 5.00. The first-order valence-electron chi connectivity index (χ1n) is 8.91. The van der Waals surface area contributed by atoms with Crippen LogP contribution in [0.4, 0.5) is 5.82 Å². The van der Waals surface area contributed by atoms with E-state index in [9.17, 15) is 9.59 Å². The summed E-state index contributed by atoms with van der Waals surface area (Å²) >= 11 is 0. The number of aromatic amines is 1. The fourth-order valence-electron chi connectivity index (χ4n) is 3.44. The fourth-order valence-corrected chi connectivity index (χ4v) is 3.44. The SMILES string of the molecule is C[C@H](c1ccccc1)N1CNc2c(c(=O)[nH]c(=O)n2Cc2cccnc2)C1. The molecule has 7 heteroatoms. The molecule has 27 heavy (non-hydrogen) atoms. The molecule has 4 rings (SSSR count). The maximum atomic E-state index is 12.4. The van der Waals surface area contributed by atoms with Gasteiger partial charge in [0.25, 0.3) is 5.56 Å². The number of aromatic nitrogens is 3. The van der Waals surface area contributed by atoms with Crippen molar-refractivity contribution < 1.29 is 0 Å². The van der Waals surface area contributed by atoms with E-state index in [1.807, 2.05) is 30.3 Å². The molecule has 2 aromatic heterocycles. The molecule has 0 aliphatic carbocycles. The van der Waals surface area contributed by atoms with Crippen molar-refractivity contribution >= 4 is 5.82 Å². The first kappa shape index (κ1) is 17.2. The van der Waals surface area contributed by atoms with Gasteiger partial charge in [0.1, 0.15) is 5.82 Å². The predicted molar refractivity (Wildman–Crippen MR) is 104 cm³/mol. The van der Waals surface area contributed by atoms with Gasteiger partial charge in [0.05, 0.1) is 18.8 Å². The van der Waals surface area contributed by atoms with E-state index < -0.39 is 5.69 Å². The van der Waals surface area contributed by atoms with Crippen LogP contribution in [0.1, 0.15) is 29.7 Å². The average Bonchev–Trinajstić information content (AvgIpc) is 2.71. The van der Waals surface area contributed by atoms with Gasteiger partial charge in [-0.25, -0.2) is 4.79 Å². The first-order chi connectivity index (χ1) is 13.1. The number of hydrogen-bond donors (Lipinski definition) is 2. The molecule has 3 aromatic rings. The van der Waals surface area contributed by atoms with Crippen LogP contribution in [0, 0.1) is 0 Å². The summed E-state index contributed by atoms with van der Waals surface area (Å²) in [5.74, 6) is 0.587. The van der Waals surface area contributed by atoms with E-state index in [1.54, 1.807) is 17.0 Å². The third-order valence-electron chi connectivity index (χ3n) is 5.00. The highest BCUT2D eigenvalue weighted by Crippen LogP contribution is 2.26. The zero-order valence-corrected chi connectivity index (χ0v) is 15.1. The quantitative estimate of drug-likeness (QED) is 0.740. The van der Waals surface area contributed by atoms with Gasteiger partial charge < -0.3 is 5.32 Å². The van der Waals surface area contributed by atoms with Gasteiger partial charge in [0.2, 0.25) is 0 Å². The molecule has 0 fully saturated rings. The largest absolute Gasteiger partial charge is 0.358 e. The maximum absolute atomic E-state index is 12.4. The van der Waals surface area contributed by atoms with Crippen LogP contribution in [0.3, 0.4) is 0 Å². The molecule has 0 saturated carbocycles. The molecule has 0 unspecified atom stereocenters. The number of fused-ring (bicyclic) bond motifs is 1. The molecule has 7 nitrogen and oxygen atoms in total. The number of benzene rings is 1. The minimum atomic E-state index is -0.417. The number of H-pyrrole nitrogens is 1. The van der Waals surface area contributed by atoms with Gasteiger partial charge in [-0.1, -0.05) is 36.4 Å². The summed E-state index contributed by atoms with van der Waals surface area (Å²) in [6.07, 6.45) is 3.41. The van der Waals surface area contributed by atoms with Crippen molar-refractivity contribution in [3.05, 3.63) is 92.4 Å². The number of hydrogen-bond acceptors (Lipinski definition) is 5. The zero-order valence-electron chi connectivity index (χ0n) is 15.1. The molecular formula is C20H21N5O2. The van der Waals surface area contributed by atoms with Crippen molar-refractivity contribution in [2.24, 2.45) is 0 Å². The highest BCUT2D eigenvalue weighted by molar-refractivity contribution is 5.46. The van der Waals surface area contributed by atoms with Crippen molar-refractivity contribution in [3.63, 3.8) is 0 Å². The lowest BCUT2D eigenvalue weighted by Gasteiger charge is -2.35. The number of pyridine rings is 1. The lowest BCUT2D eigenvalue weighted by Crippen LogP contribution is -2.44. The normalized spacial score (nSPS) is 15.0. The van der Waals surface area contributed by atoms with Crippen LogP contribution >= 0.6 is 0 Å². The standard InChI is InChI=1S/C20H21N5O2/c1-14(16-7-3-2-4-8-16)24-12-17-18(22-13-24)25(20(27)23-19(17)26)11-15-6-5-9-21-10-15/h2-10,14,22H,11-13H2,1H3,(H,23,26,27)/t14-/m1/s1. The average molecular weight is 363 g/mol. The number of nitrogens with one attached hydrogen (secondary N) is 2. The molecule has 1 atom stereocenters. The van der Waals surface area contributed by atoms with Crippen LogP contribution in [-0.4, -0.2) is 26.1 Å². The molecule has 0 radical (unpaired) electrons. The molecular weight excluding hydrogens is 342 g/mol. The highest BCUT2D eigenvalue weighted by Gasteiger charge is 2.26. The van der Waals surface area contributed by atoms with Crippen LogP contribution in [0.5, 0.6) is 0 Å². The van der Waals surface area contributed by atoms with Gasteiger partial charge in [0.15, 0.2) is 0 Å². The van der Waals surface area contributed by atoms with Crippen molar-refractivity contribution in [1.29, 1.82) is 0 Å². The van der Waals surface area contributed by atoms with Crippen molar-refractivity contribution in [2.75, 3.05) is 12.0 Å². The van der Waals surface area contributed by atoms with Crippen molar-refractivity contribution in [1.82, 2.24) is 19.4 Å². The van der Waals surface area contributed by atoms with E-state index in [2.05, 4.69) is 39.2 Å². The summed E-state index contributed by atoms with van der Waals surface area (Å²) in [4.78, 5) is 33.5. The molecule has 2 N–H and O–H groups in total. The topological polar surface area (TPSA) is 83.0 Å². The second kappa shape index (κ2) is 7.20. The Morgan fingerprint density at radius 2 is 1.96 bits per heavy atom. The Morgan fingerprint density at radius 3 is 2.70 bits per heavy atom. The van der Waals surface area contributed by atoms with Gasteiger partial charge in [-0.05, 0) is 24.1 Å². The molecule has 1 aliphatic heterocycles. The van der Waals surface area contributed by atoms with E-state index in [1.165, 1.54) is 5.56 Å². The first-order valence-corrected chi connectivity index (χ1v) is 8.91. The predicted octanol–water partition coefficient (Wildman–Crippen LogP) is 1.93. The Balaban J connectivity index is 1.67. The van der Waals surface area contributed by atoms with E-state index in [4.69, 9.17) is 0 Å². The highest BCUT2D eigenvalue weighted by atomic mass is 16.2. The van der Waals surface area contributed by atoms with Crippen LogP contribution in [0.2, 0.25) is 0 Å². The van der Waals surface area contributed by atoms with Crippen LogP contribution in [-0.2, 0) is 13.1 Å². The van der Waals surface area contributed by atoms with E-state index >= 15 is 0 Å². The van der Waals surface area contributed by atoms with Crippen molar-refractivity contribution in [2.45, 2.75) is 26.1 Å². The number of nitrogens with zero attached hydrogens (tertiary/aromatic N) is 3. The van der Waals surface area contributed by atoms with Gasteiger partial charge in [-0.15, -0.1) is 0 Å². The minimum Gasteiger partial charge on any atom is -0.358 e. The Kier molecular flexibility index (Phi) is 4.60. The number of rotatable bonds is 4. The molecule has 0 saturated heterocycles. The van der Waals surface area contributed by atoms with Gasteiger partial charge in [-0.2, -0.15) is 0 Å². The van der Waals surface area contributed by atoms with Gasteiger partial charge >= 0.3 is 5.69 Å². The molecule has 1 aromatic carbocycles. The number of anilines is 1. The van der Waals surface area contributed by atoms with Gasteiger partial charge in [0, 0.05) is 25.0 Å². The summed E-state index contributed by atoms with van der Waals surface area (Å²) < 4.78 is 1.57. The van der Waals surface area contributed by atoms with Gasteiger partial charge in [-0.3, -0.25) is 24.2 Å². The Labute approximate surface area is 156 Å². The lowest BCUT2D eigenvalue weighted by atomic mass is 10.1. The van der Waals surface area contributed by atoms with E-state index in [0.717, 1.165) is 5.56 Å². The van der Waals surface area contributed by atoms with E-state index in [0.29, 0.717) is 31.1 Å². The summed E-state index contributed by atoms with van der Waals surface area (Å²) in [6, 6.07) is 14.0. The van der Waals surface area contributed by atoms with E-state index in [-0.39, 0.29) is 11.6 Å². The summed E-state index contributed by atoms with van der Waals surface area (Å²) in [5.41, 5.74) is 1.90. The summed E-state index contributed by atoms with van der Waals surface area (Å²) in [7, 11) is 0. The molecule has 138 valence electrons. The molecule has 1 aliphatic rings. The van der Waals surface area contributed by atoms with Crippen LogP contribution < -0.4 is 16.6 Å². The third kappa shape index (κ3) is 3.41. The van der Waals surface area contributed by atoms with Crippen LogP contribution in [0.15, 0.2) is 64.4 Å². The lowest BCUT2D eigenvalue weighted by molar-refractivity contribution is 0.206. The maximum Gasteiger partial charge on any atom is 0.330 e. The monoisotopic (exact) mass is 363 g/mol. The second-order valence-electron chi connectivity index (χ2n) is 6.70. The van der Waals surface area contributed by atoms with Crippen LogP contribution in [0.25, 0.3) is 0 Å². The summed E-state index contributed by atoms with van der Waals surface area (Å²) in [5, 5.41) is 3.28. The Hall–Kier alpha value is -3.19. The summed E-state index contributed by atoms with van der Waals surface area (Å²) in [6.45, 7) is 3.49.